The third-order valence-corrected chi connectivity index (χ3v) is 2.26. The number of ether oxygens (including phenoxy) is 1. The maximum atomic E-state index is 13.4. The molecule has 1 aromatic carbocycles. The average Bonchev–Trinajstić information content (AvgIpc) is 2.12. The van der Waals surface area contributed by atoms with Crippen LogP contribution >= 0.6 is 11.6 Å². The third-order valence-electron chi connectivity index (χ3n) is 1.92. The van der Waals surface area contributed by atoms with Gasteiger partial charge in [-0.05, 0) is 30.7 Å². The van der Waals surface area contributed by atoms with Crippen molar-refractivity contribution in [2.24, 2.45) is 5.73 Å². The maximum Gasteiger partial charge on any atom is 0.130 e. The van der Waals surface area contributed by atoms with Crippen molar-refractivity contribution in [1.82, 2.24) is 0 Å². The van der Waals surface area contributed by atoms with E-state index in [4.69, 9.17) is 22.1 Å². The normalized spacial score (nSPS) is 10.6. The second-order valence-corrected chi connectivity index (χ2v) is 3.42. The third kappa shape index (κ3) is 2.67. The molecule has 0 unspecified atom stereocenters. The highest BCUT2D eigenvalue weighted by atomic mass is 35.5. The van der Waals surface area contributed by atoms with Gasteiger partial charge in [-0.1, -0.05) is 11.6 Å². The predicted molar refractivity (Wildman–Crippen MR) is 54.9 cm³/mol. The molecule has 0 spiro atoms. The van der Waals surface area contributed by atoms with Gasteiger partial charge < -0.3 is 10.5 Å². The largest absolute Gasteiger partial charge is 0.380 e. The van der Waals surface area contributed by atoms with Gasteiger partial charge >= 0.3 is 0 Å². The summed E-state index contributed by atoms with van der Waals surface area (Å²) in [5.41, 5.74) is 6.58. The van der Waals surface area contributed by atoms with Crippen molar-refractivity contribution in [3.63, 3.8) is 0 Å². The lowest BCUT2D eigenvalue weighted by Gasteiger charge is -2.07. The Morgan fingerprint density at radius 3 is 2.71 bits per heavy atom. The van der Waals surface area contributed by atoms with Crippen molar-refractivity contribution in [3.05, 3.63) is 34.1 Å². The van der Waals surface area contributed by atoms with Gasteiger partial charge in [-0.3, -0.25) is 0 Å². The second kappa shape index (κ2) is 5.29. The van der Waals surface area contributed by atoms with E-state index in [9.17, 15) is 4.39 Å². The zero-order valence-corrected chi connectivity index (χ0v) is 8.77. The molecule has 4 heteroatoms. The second-order valence-electron chi connectivity index (χ2n) is 3.01. The van der Waals surface area contributed by atoms with Crippen molar-refractivity contribution in [2.45, 2.75) is 13.0 Å². The Morgan fingerprint density at radius 1 is 1.50 bits per heavy atom. The Hall–Kier alpha value is -0.640. The minimum absolute atomic E-state index is 0.188. The van der Waals surface area contributed by atoms with E-state index >= 15 is 0 Å². The summed E-state index contributed by atoms with van der Waals surface area (Å²) in [5, 5.41) is 0.398. The predicted octanol–water partition coefficient (Wildman–Crippen LogP) is 2.13. The molecule has 1 aromatic rings. The van der Waals surface area contributed by atoms with Crippen LogP contribution < -0.4 is 5.73 Å². The fourth-order valence-corrected chi connectivity index (χ4v) is 1.53. The van der Waals surface area contributed by atoms with Crippen molar-refractivity contribution < 1.29 is 9.13 Å². The van der Waals surface area contributed by atoms with E-state index in [1.807, 2.05) is 0 Å². The van der Waals surface area contributed by atoms with Crippen molar-refractivity contribution in [3.8, 4) is 0 Å². The van der Waals surface area contributed by atoms with Gasteiger partial charge in [0.05, 0.1) is 6.61 Å². The summed E-state index contributed by atoms with van der Waals surface area (Å²) in [4.78, 5) is 0. The summed E-state index contributed by atoms with van der Waals surface area (Å²) in [5.74, 6) is -0.331. The number of benzene rings is 1. The lowest BCUT2D eigenvalue weighted by Crippen LogP contribution is -2.04. The first-order valence-electron chi connectivity index (χ1n) is 4.34. The number of hydrogen-bond acceptors (Lipinski definition) is 2. The fourth-order valence-electron chi connectivity index (χ4n) is 1.25. The van der Waals surface area contributed by atoms with E-state index < -0.39 is 0 Å². The molecule has 78 valence electrons. The highest BCUT2D eigenvalue weighted by molar-refractivity contribution is 6.31. The van der Waals surface area contributed by atoms with Crippen molar-refractivity contribution >= 4 is 11.6 Å². The van der Waals surface area contributed by atoms with Crippen LogP contribution in [0.3, 0.4) is 0 Å². The highest BCUT2D eigenvalue weighted by Gasteiger charge is 2.08. The lowest BCUT2D eigenvalue weighted by atomic mass is 10.1. The number of rotatable bonds is 4. The lowest BCUT2D eigenvalue weighted by molar-refractivity contribution is 0.181. The molecule has 0 bridgehead atoms. The van der Waals surface area contributed by atoms with Crippen LogP contribution in [0.25, 0.3) is 0 Å². The number of methoxy groups -OCH3 is 1. The summed E-state index contributed by atoms with van der Waals surface area (Å²) < 4.78 is 18.3. The molecule has 0 radical (unpaired) electrons. The SMILES string of the molecule is COCc1c(F)cc(CCN)cc1Cl. The summed E-state index contributed by atoms with van der Waals surface area (Å²) >= 11 is 5.89. The van der Waals surface area contributed by atoms with E-state index in [1.54, 1.807) is 6.07 Å². The zero-order valence-electron chi connectivity index (χ0n) is 8.02. The first-order valence-corrected chi connectivity index (χ1v) is 4.72. The van der Waals surface area contributed by atoms with Crippen LogP contribution in [-0.2, 0) is 17.8 Å². The van der Waals surface area contributed by atoms with Gasteiger partial charge in [0.2, 0.25) is 0 Å². The van der Waals surface area contributed by atoms with E-state index in [2.05, 4.69) is 0 Å². The zero-order chi connectivity index (χ0) is 10.6. The van der Waals surface area contributed by atoms with Crippen molar-refractivity contribution in [1.29, 1.82) is 0 Å². The van der Waals surface area contributed by atoms with Crippen LogP contribution in [0, 0.1) is 5.82 Å². The Labute approximate surface area is 87.8 Å². The first kappa shape index (κ1) is 11.4. The van der Waals surface area contributed by atoms with E-state index in [-0.39, 0.29) is 12.4 Å². The highest BCUT2D eigenvalue weighted by Crippen LogP contribution is 2.22. The molecule has 0 fully saturated rings. The monoisotopic (exact) mass is 217 g/mol. The van der Waals surface area contributed by atoms with Gasteiger partial charge in [0.15, 0.2) is 0 Å². The van der Waals surface area contributed by atoms with Crippen LogP contribution in [0.1, 0.15) is 11.1 Å². The molecule has 0 saturated carbocycles. The molecule has 2 N–H and O–H groups in total. The molecule has 1 rings (SSSR count). The number of hydrogen-bond donors (Lipinski definition) is 1. The van der Waals surface area contributed by atoms with Gasteiger partial charge in [-0.15, -0.1) is 0 Å². The number of halogens is 2. The molecular weight excluding hydrogens is 205 g/mol. The maximum absolute atomic E-state index is 13.4. The molecule has 2 nitrogen and oxygen atoms in total. The smallest absolute Gasteiger partial charge is 0.130 e. The summed E-state index contributed by atoms with van der Waals surface area (Å²) in [6, 6.07) is 3.18. The topological polar surface area (TPSA) is 35.2 Å². The first-order chi connectivity index (χ1) is 6.69. The van der Waals surface area contributed by atoms with E-state index in [0.29, 0.717) is 23.6 Å². The van der Waals surface area contributed by atoms with Gasteiger partial charge in [0.25, 0.3) is 0 Å². The van der Waals surface area contributed by atoms with Gasteiger partial charge in [-0.25, -0.2) is 4.39 Å². The Kier molecular flexibility index (Phi) is 4.32. The summed E-state index contributed by atoms with van der Waals surface area (Å²) in [6.07, 6.45) is 0.629. The Morgan fingerprint density at radius 2 is 2.21 bits per heavy atom. The van der Waals surface area contributed by atoms with Gasteiger partial charge in [0, 0.05) is 17.7 Å². The Bertz CT molecular complexity index is 294. The molecule has 0 atom stereocenters. The average molecular weight is 218 g/mol. The van der Waals surface area contributed by atoms with Gasteiger partial charge in [0.1, 0.15) is 5.82 Å². The van der Waals surface area contributed by atoms with Crippen LogP contribution in [0.4, 0.5) is 4.39 Å². The molecule has 0 aromatic heterocycles. The van der Waals surface area contributed by atoms with Crippen molar-refractivity contribution in [2.75, 3.05) is 13.7 Å². The number of nitrogens with two attached hydrogens (primary N) is 1. The quantitative estimate of drug-likeness (QED) is 0.839. The van der Waals surface area contributed by atoms with E-state index in [0.717, 1.165) is 5.56 Å². The molecule has 0 heterocycles. The standard InChI is InChI=1S/C10H13ClFNO/c1-14-6-8-9(11)4-7(2-3-13)5-10(8)12/h4-5H,2-3,6,13H2,1H3. The molecule has 0 amide bonds. The van der Waals surface area contributed by atoms with Crippen LogP contribution in [0.5, 0.6) is 0 Å². The minimum Gasteiger partial charge on any atom is -0.380 e. The molecule has 14 heavy (non-hydrogen) atoms. The molecule has 0 aliphatic carbocycles. The molecular formula is C10H13ClFNO. The molecule has 0 aliphatic rings. The Balaban J connectivity index is 2.98. The fraction of sp³-hybridized carbons (Fsp3) is 0.400. The minimum atomic E-state index is -0.331. The van der Waals surface area contributed by atoms with Crippen LogP contribution in [-0.4, -0.2) is 13.7 Å². The summed E-state index contributed by atoms with van der Waals surface area (Å²) in [7, 11) is 1.50. The van der Waals surface area contributed by atoms with Crippen LogP contribution in [0.15, 0.2) is 12.1 Å². The van der Waals surface area contributed by atoms with Gasteiger partial charge in [-0.2, -0.15) is 0 Å². The van der Waals surface area contributed by atoms with E-state index in [1.165, 1.54) is 13.2 Å². The van der Waals surface area contributed by atoms with Crippen LogP contribution in [0.2, 0.25) is 5.02 Å². The summed E-state index contributed by atoms with van der Waals surface area (Å²) in [6.45, 7) is 0.674. The molecule has 0 saturated heterocycles. The molecule has 0 aliphatic heterocycles.